The van der Waals surface area contributed by atoms with Gasteiger partial charge < -0.3 is 4.74 Å². The van der Waals surface area contributed by atoms with Crippen LogP contribution < -0.4 is 4.74 Å². The first-order valence-electron chi connectivity index (χ1n) is 6.02. The van der Waals surface area contributed by atoms with Crippen LogP contribution in [0.15, 0.2) is 54.7 Å². The van der Waals surface area contributed by atoms with Crippen molar-refractivity contribution in [2.75, 3.05) is 6.61 Å². The summed E-state index contributed by atoms with van der Waals surface area (Å²) >= 11 is 0. The van der Waals surface area contributed by atoms with Crippen LogP contribution in [0.1, 0.15) is 5.56 Å². The zero-order valence-electron chi connectivity index (χ0n) is 9.97. The Hall–Kier alpha value is -2.29. The molecule has 0 amide bonds. The smallest absolute Gasteiger partial charge is 0.120 e. The minimum atomic E-state index is 0.688. The second-order valence-corrected chi connectivity index (χ2v) is 4.20. The molecule has 18 heavy (non-hydrogen) atoms. The minimum Gasteiger partial charge on any atom is -0.493 e. The van der Waals surface area contributed by atoms with E-state index < -0.39 is 0 Å². The highest BCUT2D eigenvalue weighted by Crippen LogP contribution is 2.18. The highest BCUT2D eigenvalue weighted by molar-refractivity contribution is 5.79. The molecule has 0 aliphatic rings. The molecule has 3 rings (SSSR count). The standard InChI is InChI=1S/C15H14N2O/c1-2-4-12(5-3-1)8-9-18-14-6-7-15-13(10-14)11-16-17-15/h1-7,10-11H,8-9H2,(H,16,17). The Balaban J connectivity index is 1.62. The van der Waals surface area contributed by atoms with Gasteiger partial charge in [0.2, 0.25) is 0 Å². The van der Waals surface area contributed by atoms with Crippen LogP contribution in [0.3, 0.4) is 0 Å². The third-order valence-corrected chi connectivity index (χ3v) is 2.91. The SMILES string of the molecule is c1ccc(CCOc2ccc3[nH]ncc3c2)cc1. The van der Waals surface area contributed by atoms with Gasteiger partial charge in [-0.1, -0.05) is 30.3 Å². The van der Waals surface area contributed by atoms with Gasteiger partial charge in [-0.3, -0.25) is 5.10 Å². The summed E-state index contributed by atoms with van der Waals surface area (Å²) < 4.78 is 5.75. The summed E-state index contributed by atoms with van der Waals surface area (Å²) in [4.78, 5) is 0. The van der Waals surface area contributed by atoms with Gasteiger partial charge >= 0.3 is 0 Å². The highest BCUT2D eigenvalue weighted by atomic mass is 16.5. The number of hydrogen-bond acceptors (Lipinski definition) is 2. The zero-order valence-corrected chi connectivity index (χ0v) is 9.97. The van der Waals surface area contributed by atoms with E-state index in [1.165, 1.54) is 5.56 Å². The Labute approximate surface area is 105 Å². The van der Waals surface area contributed by atoms with Crippen molar-refractivity contribution >= 4 is 10.9 Å². The van der Waals surface area contributed by atoms with Crippen LogP contribution in [0, 0.1) is 0 Å². The van der Waals surface area contributed by atoms with Crippen LogP contribution in [0.25, 0.3) is 10.9 Å². The van der Waals surface area contributed by atoms with Gasteiger partial charge in [-0.25, -0.2) is 0 Å². The van der Waals surface area contributed by atoms with Gasteiger partial charge in [-0.05, 0) is 23.8 Å². The van der Waals surface area contributed by atoms with Gasteiger partial charge in [0.1, 0.15) is 5.75 Å². The number of ether oxygens (including phenoxy) is 1. The van der Waals surface area contributed by atoms with Crippen LogP contribution in [0.5, 0.6) is 5.75 Å². The van der Waals surface area contributed by atoms with Crippen molar-refractivity contribution in [1.82, 2.24) is 10.2 Å². The maximum absolute atomic E-state index is 5.75. The molecule has 90 valence electrons. The van der Waals surface area contributed by atoms with E-state index in [0.717, 1.165) is 23.1 Å². The molecule has 1 heterocycles. The summed E-state index contributed by atoms with van der Waals surface area (Å²) in [5.41, 5.74) is 2.33. The normalized spacial score (nSPS) is 10.7. The molecule has 3 nitrogen and oxygen atoms in total. The number of benzene rings is 2. The Bertz CT molecular complexity index is 631. The van der Waals surface area contributed by atoms with Crippen molar-refractivity contribution in [1.29, 1.82) is 0 Å². The van der Waals surface area contributed by atoms with Crippen LogP contribution in [-0.4, -0.2) is 16.8 Å². The predicted molar refractivity (Wildman–Crippen MR) is 71.7 cm³/mol. The lowest BCUT2D eigenvalue weighted by molar-refractivity contribution is 0.322. The first-order valence-corrected chi connectivity index (χ1v) is 6.02. The van der Waals surface area contributed by atoms with Crippen molar-refractivity contribution in [2.45, 2.75) is 6.42 Å². The molecular weight excluding hydrogens is 224 g/mol. The fourth-order valence-corrected chi connectivity index (χ4v) is 1.94. The molecule has 1 N–H and O–H groups in total. The molecule has 3 aromatic rings. The highest BCUT2D eigenvalue weighted by Gasteiger charge is 1.99. The van der Waals surface area contributed by atoms with Gasteiger partial charge in [0.15, 0.2) is 0 Å². The molecule has 0 bridgehead atoms. The topological polar surface area (TPSA) is 37.9 Å². The number of nitrogens with zero attached hydrogens (tertiary/aromatic N) is 1. The lowest BCUT2D eigenvalue weighted by atomic mass is 10.2. The number of fused-ring (bicyclic) bond motifs is 1. The Morgan fingerprint density at radius 1 is 1.06 bits per heavy atom. The quantitative estimate of drug-likeness (QED) is 0.758. The molecule has 0 fully saturated rings. The lowest BCUT2D eigenvalue weighted by Gasteiger charge is -2.06. The molecule has 0 aliphatic carbocycles. The Morgan fingerprint density at radius 2 is 1.94 bits per heavy atom. The van der Waals surface area contributed by atoms with E-state index in [1.807, 2.05) is 36.4 Å². The molecule has 0 atom stereocenters. The van der Waals surface area contributed by atoms with Crippen molar-refractivity contribution in [3.8, 4) is 5.75 Å². The number of rotatable bonds is 4. The van der Waals surface area contributed by atoms with Crippen LogP contribution in [0.2, 0.25) is 0 Å². The summed E-state index contributed by atoms with van der Waals surface area (Å²) in [6.45, 7) is 0.688. The maximum Gasteiger partial charge on any atom is 0.120 e. The minimum absolute atomic E-state index is 0.688. The third-order valence-electron chi connectivity index (χ3n) is 2.91. The first kappa shape index (κ1) is 10.8. The second-order valence-electron chi connectivity index (χ2n) is 4.20. The van der Waals surface area contributed by atoms with E-state index >= 15 is 0 Å². The van der Waals surface area contributed by atoms with E-state index in [0.29, 0.717) is 6.61 Å². The molecule has 0 radical (unpaired) electrons. The summed E-state index contributed by atoms with van der Waals surface area (Å²) in [5.74, 6) is 0.889. The number of aromatic nitrogens is 2. The maximum atomic E-state index is 5.75. The fraction of sp³-hybridized carbons (Fsp3) is 0.133. The van der Waals surface area contributed by atoms with Gasteiger partial charge in [0.25, 0.3) is 0 Å². The summed E-state index contributed by atoms with van der Waals surface area (Å²) in [6.07, 6.45) is 2.73. The van der Waals surface area contributed by atoms with Crippen LogP contribution in [0.4, 0.5) is 0 Å². The molecular formula is C15H14N2O. The summed E-state index contributed by atoms with van der Waals surface area (Å²) in [7, 11) is 0. The Morgan fingerprint density at radius 3 is 2.83 bits per heavy atom. The first-order chi connectivity index (χ1) is 8.92. The zero-order chi connectivity index (χ0) is 12.2. The van der Waals surface area contributed by atoms with Crippen LogP contribution in [-0.2, 0) is 6.42 Å². The number of hydrogen-bond donors (Lipinski definition) is 1. The van der Waals surface area contributed by atoms with Gasteiger partial charge in [-0.15, -0.1) is 0 Å². The average molecular weight is 238 g/mol. The average Bonchev–Trinajstić information content (AvgIpc) is 2.87. The molecule has 1 aromatic heterocycles. The lowest BCUT2D eigenvalue weighted by Crippen LogP contribution is -2.00. The third kappa shape index (κ3) is 2.35. The van der Waals surface area contributed by atoms with Gasteiger partial charge in [0.05, 0.1) is 18.3 Å². The van der Waals surface area contributed by atoms with E-state index in [-0.39, 0.29) is 0 Å². The van der Waals surface area contributed by atoms with Crippen molar-refractivity contribution < 1.29 is 4.74 Å². The summed E-state index contributed by atoms with van der Waals surface area (Å²) in [5, 5.41) is 7.99. The predicted octanol–water partition coefficient (Wildman–Crippen LogP) is 3.18. The van der Waals surface area contributed by atoms with Gasteiger partial charge in [-0.2, -0.15) is 5.10 Å². The molecule has 0 saturated carbocycles. The molecule has 2 aromatic carbocycles. The Kier molecular flexibility index (Phi) is 2.96. The monoisotopic (exact) mass is 238 g/mol. The van der Waals surface area contributed by atoms with E-state index in [1.54, 1.807) is 6.20 Å². The van der Waals surface area contributed by atoms with Crippen molar-refractivity contribution in [3.05, 3.63) is 60.3 Å². The van der Waals surface area contributed by atoms with Crippen LogP contribution >= 0.6 is 0 Å². The van der Waals surface area contributed by atoms with Crippen molar-refractivity contribution in [2.24, 2.45) is 0 Å². The largest absolute Gasteiger partial charge is 0.493 e. The van der Waals surface area contributed by atoms with E-state index in [9.17, 15) is 0 Å². The van der Waals surface area contributed by atoms with Crippen molar-refractivity contribution in [3.63, 3.8) is 0 Å². The number of H-pyrrole nitrogens is 1. The summed E-state index contributed by atoms with van der Waals surface area (Å²) in [6, 6.07) is 16.3. The van der Waals surface area contributed by atoms with E-state index in [2.05, 4.69) is 22.3 Å². The molecule has 0 saturated heterocycles. The molecule has 0 unspecified atom stereocenters. The molecule has 3 heteroatoms. The number of aromatic amines is 1. The second kappa shape index (κ2) is 4.92. The number of nitrogens with one attached hydrogen (secondary N) is 1. The van der Waals surface area contributed by atoms with Gasteiger partial charge in [0, 0.05) is 11.8 Å². The van der Waals surface area contributed by atoms with E-state index in [4.69, 9.17) is 4.74 Å². The molecule has 0 spiro atoms. The fourth-order valence-electron chi connectivity index (χ4n) is 1.94. The molecule has 0 aliphatic heterocycles.